The van der Waals surface area contributed by atoms with Gasteiger partial charge in [0, 0.05) is 11.9 Å². The van der Waals surface area contributed by atoms with E-state index in [1.54, 1.807) is 0 Å². The van der Waals surface area contributed by atoms with Crippen LogP contribution in [0.15, 0.2) is 0 Å². The van der Waals surface area contributed by atoms with Crippen LogP contribution in [0.25, 0.3) is 0 Å². The van der Waals surface area contributed by atoms with Crippen molar-refractivity contribution in [3.8, 4) is 0 Å². The van der Waals surface area contributed by atoms with Crippen molar-refractivity contribution >= 4 is 27.7 Å². The lowest BCUT2D eigenvalue weighted by Crippen LogP contribution is -2.43. The Morgan fingerprint density at radius 3 is 2.88 bits per heavy atom. The summed E-state index contributed by atoms with van der Waals surface area (Å²) < 4.78 is 6.13. The van der Waals surface area contributed by atoms with Crippen molar-refractivity contribution in [2.45, 2.75) is 44.6 Å². The molecule has 2 rings (SSSR count). The molecule has 1 spiro atoms. The summed E-state index contributed by atoms with van der Waals surface area (Å²) in [7, 11) is 0. The van der Waals surface area contributed by atoms with E-state index in [1.165, 1.54) is 43.6 Å². The van der Waals surface area contributed by atoms with Crippen LogP contribution in [0.5, 0.6) is 0 Å². The maximum absolute atomic E-state index is 6.13. The van der Waals surface area contributed by atoms with Crippen LogP contribution < -0.4 is 0 Å². The number of ether oxygens (including phenoxy) is 1. The second kappa shape index (κ2) is 6.10. The molecule has 0 aromatic rings. The Balaban J connectivity index is 1.87. The van der Waals surface area contributed by atoms with Gasteiger partial charge in [0.25, 0.3) is 0 Å². The molecule has 2 fully saturated rings. The molecule has 2 atom stereocenters. The van der Waals surface area contributed by atoms with Crippen LogP contribution in [0.4, 0.5) is 0 Å². The summed E-state index contributed by atoms with van der Waals surface area (Å²) in [4.78, 5) is 0. The molecule has 0 N–H and O–H groups in total. The maximum Gasteiger partial charge on any atom is 0.0700 e. The molecule has 0 aromatic carbocycles. The first-order chi connectivity index (χ1) is 7.74. The second-order valence-corrected chi connectivity index (χ2v) is 7.37. The van der Waals surface area contributed by atoms with Gasteiger partial charge in [0.15, 0.2) is 0 Å². The SMILES string of the molecule is CC(CBr)CC1CCOC2(CCSCC2)C1. The van der Waals surface area contributed by atoms with Crippen LogP contribution in [0.3, 0.4) is 0 Å². The van der Waals surface area contributed by atoms with Gasteiger partial charge in [0.05, 0.1) is 5.60 Å². The minimum Gasteiger partial charge on any atom is -0.375 e. The Morgan fingerprint density at radius 1 is 1.44 bits per heavy atom. The average Bonchev–Trinajstić information content (AvgIpc) is 2.30. The van der Waals surface area contributed by atoms with E-state index in [9.17, 15) is 0 Å². The highest BCUT2D eigenvalue weighted by atomic mass is 79.9. The van der Waals surface area contributed by atoms with Gasteiger partial charge in [0.1, 0.15) is 0 Å². The zero-order chi connectivity index (χ0) is 11.4. The molecule has 1 nitrogen and oxygen atoms in total. The fourth-order valence-electron chi connectivity index (χ4n) is 3.05. The molecule has 0 aliphatic carbocycles. The van der Waals surface area contributed by atoms with Crippen LogP contribution >= 0.6 is 27.7 Å². The molecule has 94 valence electrons. The van der Waals surface area contributed by atoms with Crippen molar-refractivity contribution < 1.29 is 4.74 Å². The van der Waals surface area contributed by atoms with Gasteiger partial charge in [-0.2, -0.15) is 11.8 Å². The first kappa shape index (κ1) is 13.2. The summed E-state index contributed by atoms with van der Waals surface area (Å²) in [6.45, 7) is 3.36. The number of halogens is 1. The third-order valence-electron chi connectivity index (χ3n) is 4.00. The van der Waals surface area contributed by atoms with Crippen molar-refractivity contribution in [2.75, 3.05) is 23.4 Å². The lowest BCUT2D eigenvalue weighted by atomic mass is 9.79. The zero-order valence-electron chi connectivity index (χ0n) is 10.2. The van der Waals surface area contributed by atoms with Crippen LogP contribution in [0, 0.1) is 11.8 Å². The average molecular weight is 307 g/mol. The lowest BCUT2D eigenvalue weighted by molar-refractivity contribution is -0.104. The molecule has 2 aliphatic heterocycles. The standard InChI is InChI=1S/C13H23BrOS/c1-11(10-14)8-12-2-5-15-13(9-12)3-6-16-7-4-13/h11-12H,2-10H2,1H3. The molecule has 16 heavy (non-hydrogen) atoms. The largest absolute Gasteiger partial charge is 0.375 e. The van der Waals surface area contributed by atoms with Crippen LogP contribution in [0.2, 0.25) is 0 Å². The van der Waals surface area contributed by atoms with Crippen molar-refractivity contribution in [3.05, 3.63) is 0 Å². The summed E-state index contributed by atoms with van der Waals surface area (Å²) in [5.74, 6) is 4.34. The van der Waals surface area contributed by atoms with E-state index in [1.807, 2.05) is 0 Å². The van der Waals surface area contributed by atoms with E-state index in [2.05, 4.69) is 34.6 Å². The van der Waals surface area contributed by atoms with Crippen LogP contribution in [0.1, 0.15) is 39.0 Å². The minimum absolute atomic E-state index is 0.278. The molecule has 2 heterocycles. The summed E-state index contributed by atoms with van der Waals surface area (Å²) in [5.41, 5.74) is 0.278. The van der Waals surface area contributed by atoms with Gasteiger partial charge in [-0.1, -0.05) is 22.9 Å². The number of hydrogen-bond donors (Lipinski definition) is 0. The minimum atomic E-state index is 0.278. The highest BCUT2D eigenvalue weighted by Crippen LogP contribution is 2.41. The molecule has 2 aliphatic rings. The molecule has 2 unspecified atom stereocenters. The predicted octanol–water partition coefficient (Wildman–Crippen LogP) is 4.10. The van der Waals surface area contributed by atoms with E-state index in [0.29, 0.717) is 0 Å². The summed E-state index contributed by atoms with van der Waals surface area (Å²) in [6, 6.07) is 0. The van der Waals surface area contributed by atoms with Gasteiger partial charge in [-0.05, 0) is 55.4 Å². The fraction of sp³-hybridized carbons (Fsp3) is 1.00. The molecule has 0 radical (unpaired) electrons. The number of alkyl halides is 1. The molecule has 0 aromatic heterocycles. The Bertz CT molecular complexity index is 210. The van der Waals surface area contributed by atoms with Gasteiger partial charge in [-0.3, -0.25) is 0 Å². The lowest BCUT2D eigenvalue weighted by Gasteiger charge is -2.43. The molecule has 0 bridgehead atoms. The topological polar surface area (TPSA) is 9.23 Å². The summed E-state index contributed by atoms with van der Waals surface area (Å²) in [6.07, 6.45) is 6.56. The van der Waals surface area contributed by atoms with Crippen molar-refractivity contribution in [3.63, 3.8) is 0 Å². The second-order valence-electron chi connectivity index (χ2n) is 5.50. The smallest absolute Gasteiger partial charge is 0.0700 e. The Morgan fingerprint density at radius 2 is 2.19 bits per heavy atom. The van der Waals surface area contributed by atoms with E-state index in [4.69, 9.17) is 4.74 Å². The fourth-order valence-corrected chi connectivity index (χ4v) is 4.56. The van der Waals surface area contributed by atoms with Crippen molar-refractivity contribution in [1.82, 2.24) is 0 Å². The predicted molar refractivity (Wildman–Crippen MR) is 75.5 cm³/mol. The third-order valence-corrected chi connectivity index (χ3v) is 6.09. The van der Waals surface area contributed by atoms with E-state index in [0.717, 1.165) is 23.8 Å². The van der Waals surface area contributed by atoms with Crippen molar-refractivity contribution in [2.24, 2.45) is 11.8 Å². The Kier molecular flexibility index (Phi) is 5.05. The van der Waals surface area contributed by atoms with Crippen LogP contribution in [-0.2, 0) is 4.74 Å². The molecule has 0 saturated carbocycles. The highest BCUT2D eigenvalue weighted by molar-refractivity contribution is 9.09. The van der Waals surface area contributed by atoms with E-state index in [-0.39, 0.29) is 5.60 Å². The van der Waals surface area contributed by atoms with Gasteiger partial charge in [0.2, 0.25) is 0 Å². The van der Waals surface area contributed by atoms with Crippen molar-refractivity contribution in [1.29, 1.82) is 0 Å². The third kappa shape index (κ3) is 3.39. The molecular formula is C13H23BrOS. The van der Waals surface area contributed by atoms with Crippen LogP contribution in [-0.4, -0.2) is 29.0 Å². The number of thioether (sulfide) groups is 1. The van der Waals surface area contributed by atoms with Gasteiger partial charge >= 0.3 is 0 Å². The number of hydrogen-bond acceptors (Lipinski definition) is 2. The monoisotopic (exact) mass is 306 g/mol. The van der Waals surface area contributed by atoms with Gasteiger partial charge < -0.3 is 4.74 Å². The van der Waals surface area contributed by atoms with Gasteiger partial charge in [-0.15, -0.1) is 0 Å². The highest BCUT2D eigenvalue weighted by Gasteiger charge is 2.38. The maximum atomic E-state index is 6.13. The summed E-state index contributed by atoms with van der Waals surface area (Å²) >= 11 is 5.69. The number of rotatable bonds is 3. The molecular weight excluding hydrogens is 284 g/mol. The quantitative estimate of drug-likeness (QED) is 0.726. The first-order valence-corrected chi connectivity index (χ1v) is 8.79. The normalized spacial score (nSPS) is 31.5. The molecule has 0 amide bonds. The molecule has 3 heteroatoms. The summed E-state index contributed by atoms with van der Waals surface area (Å²) in [5, 5.41) is 1.15. The first-order valence-electron chi connectivity index (χ1n) is 6.52. The molecule has 2 saturated heterocycles. The van der Waals surface area contributed by atoms with E-state index >= 15 is 0 Å². The Labute approximate surface area is 112 Å². The zero-order valence-corrected chi connectivity index (χ0v) is 12.6. The van der Waals surface area contributed by atoms with Gasteiger partial charge in [-0.25, -0.2) is 0 Å². The van der Waals surface area contributed by atoms with E-state index < -0.39 is 0 Å². The Hall–Kier alpha value is 0.790.